The van der Waals surface area contributed by atoms with Crippen LogP contribution in [0.3, 0.4) is 0 Å². The molecule has 5 nitrogen and oxygen atoms in total. The smallest absolute Gasteiger partial charge is 0.314 e. The third-order valence-electron chi connectivity index (χ3n) is 3.75. The zero-order valence-electron chi connectivity index (χ0n) is 11.5. The molecule has 18 heavy (non-hydrogen) atoms. The SMILES string of the molecule is CC(CCCNC(=O)NCC1CC1(C)C)C(=O)O. The summed E-state index contributed by atoms with van der Waals surface area (Å²) in [4.78, 5) is 22.0. The van der Waals surface area contributed by atoms with E-state index in [2.05, 4.69) is 24.5 Å². The summed E-state index contributed by atoms with van der Waals surface area (Å²) in [5.74, 6) is -0.534. The highest BCUT2D eigenvalue weighted by molar-refractivity contribution is 5.73. The highest BCUT2D eigenvalue weighted by Gasteiger charge is 2.45. The second kappa shape index (κ2) is 6.07. The van der Waals surface area contributed by atoms with Gasteiger partial charge in [0, 0.05) is 13.1 Å². The Balaban J connectivity index is 1.99. The van der Waals surface area contributed by atoms with Crippen molar-refractivity contribution in [3.8, 4) is 0 Å². The van der Waals surface area contributed by atoms with Crippen LogP contribution in [0.25, 0.3) is 0 Å². The van der Waals surface area contributed by atoms with Gasteiger partial charge < -0.3 is 15.7 Å². The summed E-state index contributed by atoms with van der Waals surface area (Å²) < 4.78 is 0. The standard InChI is InChI=1S/C13H24N2O3/c1-9(11(16)17)5-4-6-14-12(18)15-8-10-7-13(10,2)3/h9-10H,4-8H2,1-3H3,(H,16,17)(H2,14,15,18). The molecule has 1 aliphatic carbocycles. The minimum Gasteiger partial charge on any atom is -0.481 e. The summed E-state index contributed by atoms with van der Waals surface area (Å²) in [6, 6.07) is -0.152. The molecule has 1 rings (SSSR count). The van der Waals surface area contributed by atoms with Gasteiger partial charge in [0.1, 0.15) is 0 Å². The van der Waals surface area contributed by atoms with Gasteiger partial charge in [-0.25, -0.2) is 4.79 Å². The lowest BCUT2D eigenvalue weighted by molar-refractivity contribution is -0.141. The van der Waals surface area contributed by atoms with E-state index in [4.69, 9.17) is 5.11 Å². The molecular formula is C13H24N2O3. The number of carbonyl (C=O) groups is 2. The maximum Gasteiger partial charge on any atom is 0.314 e. The van der Waals surface area contributed by atoms with Crippen LogP contribution in [0.15, 0.2) is 0 Å². The van der Waals surface area contributed by atoms with Crippen molar-refractivity contribution in [2.75, 3.05) is 13.1 Å². The molecule has 2 unspecified atom stereocenters. The predicted molar refractivity (Wildman–Crippen MR) is 69.3 cm³/mol. The van der Waals surface area contributed by atoms with Crippen LogP contribution in [0.4, 0.5) is 4.79 Å². The molecule has 0 heterocycles. The molecule has 0 aromatic rings. The maximum atomic E-state index is 11.4. The lowest BCUT2D eigenvalue weighted by Gasteiger charge is -2.09. The van der Waals surface area contributed by atoms with E-state index in [-0.39, 0.29) is 11.9 Å². The number of nitrogens with one attached hydrogen (secondary N) is 2. The first-order valence-electron chi connectivity index (χ1n) is 6.57. The average Bonchev–Trinajstić information content (AvgIpc) is 2.89. The fraction of sp³-hybridized carbons (Fsp3) is 0.846. The maximum absolute atomic E-state index is 11.4. The van der Waals surface area contributed by atoms with Crippen LogP contribution in [-0.2, 0) is 4.79 Å². The van der Waals surface area contributed by atoms with E-state index in [0.717, 1.165) is 6.54 Å². The van der Waals surface area contributed by atoms with Gasteiger partial charge in [-0.1, -0.05) is 20.8 Å². The third-order valence-corrected chi connectivity index (χ3v) is 3.75. The largest absolute Gasteiger partial charge is 0.481 e. The first-order chi connectivity index (χ1) is 8.33. The Morgan fingerprint density at radius 2 is 2.00 bits per heavy atom. The molecule has 1 aliphatic rings. The van der Waals surface area contributed by atoms with Crippen LogP contribution in [0.5, 0.6) is 0 Å². The van der Waals surface area contributed by atoms with E-state index < -0.39 is 5.97 Å². The number of rotatable bonds is 7. The van der Waals surface area contributed by atoms with Crippen LogP contribution in [0.2, 0.25) is 0 Å². The molecule has 5 heteroatoms. The van der Waals surface area contributed by atoms with Crippen molar-refractivity contribution in [3.63, 3.8) is 0 Å². The molecule has 2 atom stereocenters. The molecule has 3 N–H and O–H groups in total. The summed E-state index contributed by atoms with van der Waals surface area (Å²) in [5, 5.41) is 14.3. The Morgan fingerprint density at radius 1 is 1.39 bits per heavy atom. The second-order valence-electron chi connectivity index (χ2n) is 5.91. The molecule has 2 amide bonds. The number of carboxylic acid groups (broad SMARTS) is 1. The fourth-order valence-electron chi connectivity index (χ4n) is 1.94. The number of carboxylic acids is 1. The first-order valence-corrected chi connectivity index (χ1v) is 6.57. The number of amides is 2. The zero-order chi connectivity index (χ0) is 13.8. The Kier molecular flexibility index (Phi) is 4.99. The molecule has 0 aliphatic heterocycles. The van der Waals surface area contributed by atoms with Crippen molar-refractivity contribution < 1.29 is 14.7 Å². The van der Waals surface area contributed by atoms with Crippen LogP contribution in [-0.4, -0.2) is 30.2 Å². The van der Waals surface area contributed by atoms with Crippen LogP contribution in [0.1, 0.15) is 40.0 Å². The quantitative estimate of drug-likeness (QED) is 0.608. The molecule has 0 bridgehead atoms. The van der Waals surface area contributed by atoms with Crippen molar-refractivity contribution >= 4 is 12.0 Å². The Labute approximate surface area is 108 Å². The topological polar surface area (TPSA) is 78.4 Å². The predicted octanol–water partition coefficient (Wildman–Crippen LogP) is 1.83. The molecule has 0 saturated heterocycles. The van der Waals surface area contributed by atoms with Crippen molar-refractivity contribution in [3.05, 3.63) is 0 Å². The average molecular weight is 256 g/mol. The number of hydrogen-bond donors (Lipinski definition) is 3. The van der Waals surface area contributed by atoms with Crippen molar-refractivity contribution in [2.24, 2.45) is 17.3 Å². The molecule has 0 spiro atoms. The van der Waals surface area contributed by atoms with Gasteiger partial charge in [-0.2, -0.15) is 0 Å². The number of carbonyl (C=O) groups excluding carboxylic acids is 1. The lowest BCUT2D eigenvalue weighted by Crippen LogP contribution is -2.37. The van der Waals surface area contributed by atoms with E-state index in [1.54, 1.807) is 6.92 Å². The van der Waals surface area contributed by atoms with Crippen LogP contribution in [0, 0.1) is 17.3 Å². The highest BCUT2D eigenvalue weighted by atomic mass is 16.4. The summed E-state index contributed by atoms with van der Waals surface area (Å²) in [6.07, 6.45) is 2.45. The summed E-state index contributed by atoms with van der Waals surface area (Å²) in [6.45, 7) is 7.33. The van der Waals surface area contributed by atoms with Gasteiger partial charge in [-0.15, -0.1) is 0 Å². The first kappa shape index (κ1) is 14.8. The summed E-state index contributed by atoms with van der Waals surface area (Å²) in [5.41, 5.74) is 0.379. The zero-order valence-corrected chi connectivity index (χ0v) is 11.5. The van der Waals surface area contributed by atoms with Gasteiger partial charge in [-0.05, 0) is 30.6 Å². The summed E-state index contributed by atoms with van der Waals surface area (Å²) >= 11 is 0. The highest BCUT2D eigenvalue weighted by Crippen LogP contribution is 2.50. The number of hydrogen-bond acceptors (Lipinski definition) is 2. The van der Waals surface area contributed by atoms with E-state index in [9.17, 15) is 9.59 Å². The molecule has 0 aromatic carbocycles. The van der Waals surface area contributed by atoms with Gasteiger partial charge in [0.2, 0.25) is 0 Å². The van der Waals surface area contributed by atoms with Gasteiger partial charge in [-0.3, -0.25) is 4.79 Å². The molecule has 104 valence electrons. The number of aliphatic carboxylic acids is 1. The lowest BCUT2D eigenvalue weighted by atomic mass is 10.1. The molecule has 0 aromatic heterocycles. The monoisotopic (exact) mass is 256 g/mol. The summed E-state index contributed by atoms with van der Waals surface area (Å²) in [7, 11) is 0. The second-order valence-corrected chi connectivity index (χ2v) is 5.91. The van der Waals surface area contributed by atoms with E-state index in [1.165, 1.54) is 6.42 Å². The minimum absolute atomic E-state index is 0.152. The minimum atomic E-state index is -0.782. The third kappa shape index (κ3) is 4.94. The van der Waals surface area contributed by atoms with Crippen LogP contribution < -0.4 is 10.6 Å². The van der Waals surface area contributed by atoms with E-state index in [0.29, 0.717) is 30.7 Å². The van der Waals surface area contributed by atoms with E-state index in [1.807, 2.05) is 0 Å². The van der Waals surface area contributed by atoms with Crippen molar-refractivity contribution in [2.45, 2.75) is 40.0 Å². The normalized spacial score (nSPS) is 22.1. The van der Waals surface area contributed by atoms with Gasteiger partial charge in [0.05, 0.1) is 5.92 Å². The number of urea groups is 1. The Bertz CT molecular complexity index is 315. The van der Waals surface area contributed by atoms with Crippen molar-refractivity contribution in [1.82, 2.24) is 10.6 Å². The Hall–Kier alpha value is -1.26. The van der Waals surface area contributed by atoms with Gasteiger partial charge >= 0.3 is 12.0 Å². The van der Waals surface area contributed by atoms with Gasteiger partial charge in [0.15, 0.2) is 0 Å². The fourth-order valence-corrected chi connectivity index (χ4v) is 1.94. The van der Waals surface area contributed by atoms with E-state index >= 15 is 0 Å². The molecule has 1 saturated carbocycles. The molecular weight excluding hydrogens is 232 g/mol. The molecule has 1 fully saturated rings. The molecule has 0 radical (unpaired) electrons. The van der Waals surface area contributed by atoms with Gasteiger partial charge in [0.25, 0.3) is 0 Å². The van der Waals surface area contributed by atoms with Crippen LogP contribution >= 0.6 is 0 Å². The van der Waals surface area contributed by atoms with Crippen molar-refractivity contribution in [1.29, 1.82) is 0 Å². The Morgan fingerprint density at radius 3 is 2.50 bits per heavy atom.